The summed E-state index contributed by atoms with van der Waals surface area (Å²) in [6.45, 7) is 2.02. The molecule has 0 aromatic heterocycles. The van der Waals surface area contributed by atoms with Crippen molar-refractivity contribution in [2.45, 2.75) is 45.4 Å². The number of hydrogen-bond donors (Lipinski definition) is 1. The molecule has 2 nitrogen and oxygen atoms in total. The fraction of sp³-hybridized carbons (Fsp3) is 0.438. The molecule has 0 saturated carbocycles. The van der Waals surface area contributed by atoms with E-state index in [0.717, 1.165) is 43.7 Å². The Hall–Kier alpha value is -1.71. The highest BCUT2D eigenvalue weighted by Crippen LogP contribution is 2.24. The number of carbonyl (C=O) groups excluding carboxylic acids is 1. The summed E-state index contributed by atoms with van der Waals surface area (Å²) in [4.78, 5) is 10.6. The lowest BCUT2D eigenvalue weighted by atomic mass is 9.98. The van der Waals surface area contributed by atoms with Crippen LogP contribution in [0.3, 0.4) is 0 Å². The van der Waals surface area contributed by atoms with Crippen molar-refractivity contribution in [3.8, 4) is 0 Å². The van der Waals surface area contributed by atoms with Crippen molar-refractivity contribution in [2.75, 3.05) is 0 Å². The molecule has 110 valence electrons. The Balaban J connectivity index is 2.69. The monoisotopic (exact) mass is 281 g/mol. The molecule has 1 rings (SSSR count). The number of nitrogens with two attached hydrogens (primary N) is 1. The molecule has 0 radical (unpaired) electrons. The maximum atomic E-state index is 13.8. The van der Waals surface area contributed by atoms with Crippen molar-refractivity contribution >= 4 is 11.5 Å². The van der Waals surface area contributed by atoms with Gasteiger partial charge in [-0.05, 0) is 43.4 Å². The van der Waals surface area contributed by atoms with E-state index in [1.807, 2.05) is 13.0 Å². The highest BCUT2D eigenvalue weighted by molar-refractivity contribution is 5.73. The number of unbranched alkanes of at least 4 members (excludes halogenated alkanes) is 2. The summed E-state index contributed by atoms with van der Waals surface area (Å²) in [7, 11) is 0. The van der Waals surface area contributed by atoms with E-state index in [1.165, 1.54) is 12.1 Å². The highest BCUT2D eigenvalue weighted by atomic mass is 19.1. The van der Waals surface area contributed by atoms with Gasteiger partial charge in [-0.15, -0.1) is 0 Å². The zero-order chi connectivity index (χ0) is 15.0. The Morgan fingerprint density at radius 1 is 1.25 bits per heavy atom. The van der Waals surface area contributed by atoms with Crippen LogP contribution in [0, 0.1) is 11.6 Å². The molecule has 0 fully saturated rings. The molecule has 0 bridgehead atoms. The van der Waals surface area contributed by atoms with Gasteiger partial charge in [0.25, 0.3) is 0 Å². The van der Waals surface area contributed by atoms with Crippen LogP contribution < -0.4 is 5.73 Å². The van der Waals surface area contributed by atoms with E-state index in [9.17, 15) is 13.6 Å². The SMILES string of the molecule is CCC/C(=C\CCCCC(N)=O)c1ccc(F)cc1F. The van der Waals surface area contributed by atoms with Crippen LogP contribution in [0.2, 0.25) is 0 Å². The van der Waals surface area contributed by atoms with Crippen LogP contribution in [-0.4, -0.2) is 5.91 Å². The number of amides is 1. The second-order valence-electron chi connectivity index (χ2n) is 4.82. The van der Waals surface area contributed by atoms with Gasteiger partial charge in [0.1, 0.15) is 11.6 Å². The van der Waals surface area contributed by atoms with Gasteiger partial charge in [-0.2, -0.15) is 0 Å². The quantitative estimate of drug-likeness (QED) is 0.713. The largest absolute Gasteiger partial charge is 0.370 e. The zero-order valence-electron chi connectivity index (χ0n) is 11.8. The number of carbonyl (C=O) groups is 1. The fourth-order valence-corrected chi connectivity index (χ4v) is 2.09. The van der Waals surface area contributed by atoms with Crippen molar-refractivity contribution in [2.24, 2.45) is 5.73 Å². The number of benzene rings is 1. The van der Waals surface area contributed by atoms with Crippen molar-refractivity contribution < 1.29 is 13.6 Å². The van der Waals surface area contributed by atoms with E-state index in [-0.39, 0.29) is 5.91 Å². The smallest absolute Gasteiger partial charge is 0.217 e. The molecule has 20 heavy (non-hydrogen) atoms. The average Bonchev–Trinajstić information content (AvgIpc) is 2.37. The lowest BCUT2D eigenvalue weighted by Gasteiger charge is -2.08. The van der Waals surface area contributed by atoms with Crippen molar-refractivity contribution in [3.63, 3.8) is 0 Å². The first kappa shape index (κ1) is 16.3. The number of primary amides is 1. The van der Waals surface area contributed by atoms with Crippen molar-refractivity contribution in [1.29, 1.82) is 0 Å². The third-order valence-electron chi connectivity index (χ3n) is 3.06. The van der Waals surface area contributed by atoms with Crippen LogP contribution in [0.25, 0.3) is 5.57 Å². The Bertz CT molecular complexity index is 483. The van der Waals surface area contributed by atoms with Crippen LogP contribution in [0.5, 0.6) is 0 Å². The summed E-state index contributed by atoms with van der Waals surface area (Å²) in [6, 6.07) is 3.66. The van der Waals surface area contributed by atoms with Crippen LogP contribution in [0.15, 0.2) is 24.3 Å². The Kier molecular flexibility index (Phi) is 6.91. The lowest BCUT2D eigenvalue weighted by molar-refractivity contribution is -0.118. The molecule has 0 aliphatic carbocycles. The van der Waals surface area contributed by atoms with E-state index in [2.05, 4.69) is 0 Å². The van der Waals surface area contributed by atoms with E-state index < -0.39 is 11.6 Å². The first-order valence-electron chi connectivity index (χ1n) is 6.97. The molecule has 2 N–H and O–H groups in total. The topological polar surface area (TPSA) is 43.1 Å². The minimum atomic E-state index is -0.566. The Labute approximate surface area is 118 Å². The van der Waals surface area contributed by atoms with Gasteiger partial charge in [-0.3, -0.25) is 4.79 Å². The van der Waals surface area contributed by atoms with Crippen LogP contribution in [0.1, 0.15) is 51.0 Å². The molecule has 4 heteroatoms. The molecule has 0 spiro atoms. The third-order valence-corrected chi connectivity index (χ3v) is 3.06. The van der Waals surface area contributed by atoms with Gasteiger partial charge in [0.2, 0.25) is 5.91 Å². The molecule has 1 aromatic carbocycles. The Morgan fingerprint density at radius 3 is 2.60 bits per heavy atom. The van der Waals surface area contributed by atoms with Crippen LogP contribution >= 0.6 is 0 Å². The van der Waals surface area contributed by atoms with Gasteiger partial charge < -0.3 is 5.73 Å². The molecule has 1 amide bonds. The van der Waals surface area contributed by atoms with Gasteiger partial charge >= 0.3 is 0 Å². The molecular formula is C16H21F2NO. The second-order valence-corrected chi connectivity index (χ2v) is 4.82. The van der Waals surface area contributed by atoms with Gasteiger partial charge in [0, 0.05) is 18.1 Å². The Morgan fingerprint density at radius 2 is 2.00 bits per heavy atom. The molecule has 0 atom stereocenters. The molecular weight excluding hydrogens is 260 g/mol. The second kappa shape index (κ2) is 8.46. The van der Waals surface area contributed by atoms with E-state index in [4.69, 9.17) is 5.73 Å². The molecule has 1 aromatic rings. The molecule has 0 aliphatic rings. The maximum Gasteiger partial charge on any atom is 0.217 e. The minimum absolute atomic E-state index is 0.299. The molecule has 0 aliphatic heterocycles. The normalized spacial score (nSPS) is 11.7. The lowest BCUT2D eigenvalue weighted by Crippen LogP contribution is -2.09. The minimum Gasteiger partial charge on any atom is -0.370 e. The van der Waals surface area contributed by atoms with Gasteiger partial charge in [-0.1, -0.05) is 19.4 Å². The average molecular weight is 281 g/mol. The van der Waals surface area contributed by atoms with E-state index in [1.54, 1.807) is 0 Å². The number of rotatable bonds is 8. The first-order valence-corrected chi connectivity index (χ1v) is 6.97. The zero-order valence-corrected chi connectivity index (χ0v) is 11.8. The van der Waals surface area contributed by atoms with Crippen LogP contribution in [-0.2, 0) is 4.79 Å². The molecule has 0 heterocycles. The van der Waals surface area contributed by atoms with Gasteiger partial charge in [0.05, 0.1) is 0 Å². The predicted molar refractivity (Wildman–Crippen MR) is 76.9 cm³/mol. The fourth-order valence-electron chi connectivity index (χ4n) is 2.09. The van der Waals surface area contributed by atoms with E-state index >= 15 is 0 Å². The summed E-state index contributed by atoms with van der Waals surface area (Å²) < 4.78 is 26.7. The van der Waals surface area contributed by atoms with Crippen LogP contribution in [0.4, 0.5) is 8.78 Å². The maximum absolute atomic E-state index is 13.8. The summed E-state index contributed by atoms with van der Waals surface area (Å²) >= 11 is 0. The highest BCUT2D eigenvalue weighted by Gasteiger charge is 2.08. The number of halogens is 2. The third kappa shape index (κ3) is 5.51. The standard InChI is InChI=1S/C16H21F2NO/c1-2-6-12(7-4-3-5-8-16(19)20)14-10-9-13(17)11-15(14)18/h7,9-11H,2-6,8H2,1H3,(H2,19,20)/b12-7+. The van der Waals surface area contributed by atoms with Gasteiger partial charge in [0.15, 0.2) is 0 Å². The summed E-state index contributed by atoms with van der Waals surface area (Å²) in [5.41, 5.74) is 6.42. The van der Waals surface area contributed by atoms with E-state index in [0.29, 0.717) is 12.0 Å². The number of allylic oxidation sites excluding steroid dienone is 2. The van der Waals surface area contributed by atoms with Crippen molar-refractivity contribution in [3.05, 3.63) is 41.5 Å². The molecule has 0 saturated heterocycles. The van der Waals surface area contributed by atoms with Gasteiger partial charge in [-0.25, -0.2) is 8.78 Å². The summed E-state index contributed by atoms with van der Waals surface area (Å²) in [5, 5.41) is 0. The number of hydrogen-bond acceptors (Lipinski definition) is 1. The van der Waals surface area contributed by atoms with Crippen molar-refractivity contribution in [1.82, 2.24) is 0 Å². The first-order chi connectivity index (χ1) is 9.54. The molecule has 0 unspecified atom stereocenters. The summed E-state index contributed by atoms with van der Waals surface area (Å²) in [6.07, 6.45) is 6.32. The predicted octanol–water partition coefficient (Wildman–Crippen LogP) is 4.19. The summed E-state index contributed by atoms with van der Waals surface area (Å²) in [5.74, 6) is -1.39.